The lowest BCUT2D eigenvalue weighted by Crippen LogP contribution is -2.19. The number of fused-ring (bicyclic) bond motifs is 1. The van der Waals surface area contributed by atoms with Crippen molar-refractivity contribution in [2.75, 3.05) is 13.1 Å². The summed E-state index contributed by atoms with van der Waals surface area (Å²) in [6, 6.07) is 11.8. The summed E-state index contributed by atoms with van der Waals surface area (Å²) in [5.41, 5.74) is 5.15. The van der Waals surface area contributed by atoms with E-state index in [1.54, 1.807) is 0 Å². The molecule has 2 heterocycles. The Morgan fingerprint density at radius 1 is 1.12 bits per heavy atom. The van der Waals surface area contributed by atoms with Gasteiger partial charge in [0.2, 0.25) is 0 Å². The molecule has 0 saturated carbocycles. The van der Waals surface area contributed by atoms with E-state index in [0.29, 0.717) is 5.02 Å². The van der Waals surface area contributed by atoms with E-state index in [1.807, 2.05) is 36.4 Å². The van der Waals surface area contributed by atoms with Crippen LogP contribution in [-0.2, 0) is 0 Å². The van der Waals surface area contributed by atoms with Gasteiger partial charge in [0.05, 0.1) is 17.8 Å². The van der Waals surface area contributed by atoms with E-state index in [1.165, 1.54) is 0 Å². The topological polar surface area (TPSA) is 40.2 Å². The molecule has 2 N–H and O–H groups in total. The number of aromatic nitrogens is 1. The fourth-order valence-electron chi connectivity index (χ4n) is 3.11. The lowest BCUT2D eigenvalue weighted by Gasteiger charge is -2.07. The van der Waals surface area contributed by atoms with Crippen molar-refractivity contribution >= 4 is 52.3 Å². The molecular formula is C18H16Cl3N3. The van der Waals surface area contributed by atoms with Gasteiger partial charge in [-0.25, -0.2) is 0 Å². The van der Waals surface area contributed by atoms with Crippen LogP contribution in [0.4, 0.5) is 0 Å². The predicted molar refractivity (Wildman–Crippen MR) is 105 cm³/mol. The number of H-pyrrole nitrogens is 1. The predicted octanol–water partition coefficient (Wildman–Crippen LogP) is 5.22. The fourth-order valence-corrected chi connectivity index (χ4v) is 3.61. The third kappa shape index (κ3) is 2.77. The molecule has 0 amide bonds. The maximum absolute atomic E-state index is 6.43. The zero-order valence-electron chi connectivity index (χ0n) is 13.0. The highest BCUT2D eigenvalue weighted by Crippen LogP contribution is 2.37. The van der Waals surface area contributed by atoms with Gasteiger partial charge in [0.15, 0.2) is 0 Å². The van der Waals surface area contributed by atoms with Gasteiger partial charge in [0.25, 0.3) is 0 Å². The number of halogens is 3. The highest BCUT2D eigenvalue weighted by molar-refractivity contribution is 6.34. The van der Waals surface area contributed by atoms with Crippen molar-refractivity contribution in [2.45, 2.75) is 6.92 Å². The Kier molecular flexibility index (Phi) is 4.77. The van der Waals surface area contributed by atoms with E-state index in [-0.39, 0.29) is 12.4 Å². The standard InChI is InChI=1S/C18H15Cl2N3.ClH/c1-10-8-11(19)9-13-15(18-21-6-7-22-18)17(23-16(10)13)12-4-2-3-5-14(12)20;/h2-5,8-9,23H,6-7H2,1H3,(H,21,22);1H. The van der Waals surface area contributed by atoms with Gasteiger partial charge in [-0.1, -0.05) is 41.4 Å². The van der Waals surface area contributed by atoms with Crippen molar-refractivity contribution in [3.63, 3.8) is 0 Å². The molecule has 0 fully saturated rings. The zero-order chi connectivity index (χ0) is 16.0. The fraction of sp³-hybridized carbons (Fsp3) is 0.167. The van der Waals surface area contributed by atoms with Gasteiger partial charge in [-0.2, -0.15) is 0 Å². The maximum Gasteiger partial charge on any atom is 0.131 e. The average Bonchev–Trinajstić information content (AvgIpc) is 3.14. The van der Waals surface area contributed by atoms with E-state index in [0.717, 1.165) is 57.2 Å². The number of aliphatic imine (C=N–C) groups is 1. The first-order valence-electron chi connectivity index (χ1n) is 7.50. The number of hydrogen-bond donors (Lipinski definition) is 2. The molecule has 0 radical (unpaired) electrons. The molecule has 1 aliphatic heterocycles. The highest BCUT2D eigenvalue weighted by atomic mass is 35.5. The number of nitrogens with zero attached hydrogens (tertiary/aromatic N) is 1. The smallest absolute Gasteiger partial charge is 0.131 e. The largest absolute Gasteiger partial charge is 0.368 e. The monoisotopic (exact) mass is 379 g/mol. The summed E-state index contributed by atoms with van der Waals surface area (Å²) in [6.45, 7) is 3.68. The molecule has 24 heavy (non-hydrogen) atoms. The quantitative estimate of drug-likeness (QED) is 0.628. The number of rotatable bonds is 2. The Bertz CT molecular complexity index is 944. The number of aromatic amines is 1. The zero-order valence-corrected chi connectivity index (χ0v) is 15.3. The number of aryl methyl sites for hydroxylation is 1. The molecule has 0 atom stereocenters. The number of amidine groups is 1. The van der Waals surface area contributed by atoms with Crippen LogP contribution in [0.2, 0.25) is 10.0 Å². The first kappa shape index (κ1) is 17.2. The molecule has 3 nitrogen and oxygen atoms in total. The summed E-state index contributed by atoms with van der Waals surface area (Å²) in [5, 5.41) is 5.86. The van der Waals surface area contributed by atoms with Gasteiger partial charge in [0.1, 0.15) is 5.84 Å². The Morgan fingerprint density at radius 3 is 2.62 bits per heavy atom. The maximum atomic E-state index is 6.43. The molecule has 1 aromatic heterocycles. The Morgan fingerprint density at radius 2 is 1.92 bits per heavy atom. The second-order valence-corrected chi connectivity index (χ2v) is 6.50. The molecule has 1 aliphatic rings. The third-order valence-corrected chi connectivity index (χ3v) is 4.67. The second kappa shape index (κ2) is 6.67. The van der Waals surface area contributed by atoms with Gasteiger partial charge in [-0.15, -0.1) is 12.4 Å². The number of hydrogen-bond acceptors (Lipinski definition) is 2. The normalized spacial score (nSPS) is 13.5. The van der Waals surface area contributed by atoms with Crippen molar-refractivity contribution < 1.29 is 0 Å². The van der Waals surface area contributed by atoms with Crippen molar-refractivity contribution in [2.24, 2.45) is 4.99 Å². The minimum atomic E-state index is 0. The van der Waals surface area contributed by atoms with E-state index < -0.39 is 0 Å². The molecule has 4 rings (SSSR count). The van der Waals surface area contributed by atoms with Crippen molar-refractivity contribution in [1.29, 1.82) is 0 Å². The van der Waals surface area contributed by atoms with Crippen LogP contribution < -0.4 is 5.32 Å². The van der Waals surface area contributed by atoms with Gasteiger partial charge >= 0.3 is 0 Å². The molecular weight excluding hydrogens is 365 g/mol. The number of nitrogens with one attached hydrogen (secondary N) is 2. The van der Waals surface area contributed by atoms with Crippen LogP contribution in [0.5, 0.6) is 0 Å². The van der Waals surface area contributed by atoms with E-state index in [2.05, 4.69) is 22.2 Å². The van der Waals surface area contributed by atoms with Gasteiger partial charge in [-0.05, 0) is 30.7 Å². The van der Waals surface area contributed by atoms with E-state index in [9.17, 15) is 0 Å². The van der Waals surface area contributed by atoms with Crippen molar-refractivity contribution in [1.82, 2.24) is 10.3 Å². The van der Waals surface area contributed by atoms with E-state index >= 15 is 0 Å². The summed E-state index contributed by atoms with van der Waals surface area (Å²) >= 11 is 12.7. The number of benzene rings is 2. The van der Waals surface area contributed by atoms with Crippen LogP contribution in [0.1, 0.15) is 11.1 Å². The van der Waals surface area contributed by atoms with Crippen molar-refractivity contribution in [3.8, 4) is 11.3 Å². The second-order valence-electron chi connectivity index (χ2n) is 5.66. The van der Waals surface area contributed by atoms with Crippen LogP contribution in [0.15, 0.2) is 41.4 Å². The molecule has 0 spiro atoms. The molecule has 3 aromatic rings. The Labute approximate surface area is 156 Å². The lowest BCUT2D eigenvalue weighted by molar-refractivity contribution is 0.960. The van der Waals surface area contributed by atoms with Crippen molar-refractivity contribution in [3.05, 3.63) is 57.6 Å². The molecule has 0 saturated heterocycles. The molecule has 124 valence electrons. The Balaban J connectivity index is 0.00000169. The van der Waals surface area contributed by atoms with Gasteiger partial charge in [-0.3, -0.25) is 4.99 Å². The summed E-state index contributed by atoms with van der Waals surface area (Å²) in [4.78, 5) is 8.13. The van der Waals surface area contributed by atoms with E-state index in [4.69, 9.17) is 23.2 Å². The minimum absolute atomic E-state index is 0. The first-order valence-corrected chi connectivity index (χ1v) is 8.26. The Hall–Kier alpha value is -1.68. The molecule has 0 bridgehead atoms. The van der Waals surface area contributed by atoms with Crippen LogP contribution in [-0.4, -0.2) is 23.9 Å². The molecule has 2 aromatic carbocycles. The van der Waals surface area contributed by atoms with Crippen LogP contribution >= 0.6 is 35.6 Å². The SMILES string of the molecule is Cc1cc(Cl)cc2c(C3=NCCN3)c(-c3ccccc3Cl)[nH]c12.Cl. The first-order chi connectivity index (χ1) is 11.1. The van der Waals surface area contributed by atoms with Gasteiger partial charge in [0, 0.05) is 33.1 Å². The molecule has 6 heteroatoms. The summed E-state index contributed by atoms with van der Waals surface area (Å²) in [7, 11) is 0. The highest BCUT2D eigenvalue weighted by Gasteiger charge is 2.22. The average molecular weight is 381 g/mol. The summed E-state index contributed by atoms with van der Waals surface area (Å²) in [6.07, 6.45) is 0. The molecule has 0 aliphatic carbocycles. The lowest BCUT2D eigenvalue weighted by atomic mass is 10.0. The van der Waals surface area contributed by atoms with Crippen LogP contribution in [0.25, 0.3) is 22.2 Å². The van der Waals surface area contributed by atoms with Crippen LogP contribution in [0.3, 0.4) is 0 Å². The summed E-state index contributed by atoms with van der Waals surface area (Å²) in [5.74, 6) is 0.896. The third-order valence-electron chi connectivity index (χ3n) is 4.12. The van der Waals surface area contributed by atoms with Crippen LogP contribution in [0, 0.1) is 6.92 Å². The minimum Gasteiger partial charge on any atom is -0.368 e. The summed E-state index contributed by atoms with van der Waals surface area (Å²) < 4.78 is 0. The molecule has 0 unspecified atom stereocenters. The van der Waals surface area contributed by atoms with Gasteiger partial charge < -0.3 is 10.3 Å².